The van der Waals surface area contributed by atoms with E-state index in [1.54, 1.807) is 21.7 Å². The first-order valence-corrected chi connectivity index (χ1v) is 8.54. The maximum Gasteiger partial charge on any atom is 0.323 e. The van der Waals surface area contributed by atoms with Crippen LogP contribution >= 0.6 is 0 Å². The molecule has 2 aromatic rings. The summed E-state index contributed by atoms with van der Waals surface area (Å²) in [4.78, 5) is 42.7. The Hall–Kier alpha value is -3.01. The van der Waals surface area contributed by atoms with Crippen molar-refractivity contribution in [3.05, 3.63) is 29.7 Å². The second-order valence-corrected chi connectivity index (χ2v) is 6.43. The molecule has 10 heteroatoms. The van der Waals surface area contributed by atoms with Gasteiger partial charge < -0.3 is 19.6 Å². The first-order chi connectivity index (χ1) is 12.8. The average molecular weight is 375 g/mol. The van der Waals surface area contributed by atoms with E-state index >= 15 is 0 Å². The van der Waals surface area contributed by atoms with Crippen LogP contribution in [0.15, 0.2) is 18.5 Å². The molecule has 10 nitrogen and oxygen atoms in total. The third-order valence-electron chi connectivity index (χ3n) is 4.36. The van der Waals surface area contributed by atoms with Crippen molar-refractivity contribution in [2.24, 2.45) is 0 Å². The lowest BCUT2D eigenvalue weighted by molar-refractivity contribution is -0.145. The molecule has 0 aromatic carbocycles. The van der Waals surface area contributed by atoms with Crippen LogP contribution in [0.3, 0.4) is 0 Å². The van der Waals surface area contributed by atoms with Crippen LogP contribution in [-0.2, 0) is 14.3 Å². The van der Waals surface area contributed by atoms with Gasteiger partial charge in [-0.15, -0.1) is 0 Å². The van der Waals surface area contributed by atoms with Crippen molar-refractivity contribution in [1.29, 1.82) is 0 Å². The molecule has 144 valence electrons. The molecule has 0 spiro atoms. The maximum absolute atomic E-state index is 12.9. The summed E-state index contributed by atoms with van der Waals surface area (Å²) < 4.78 is 7.17. The van der Waals surface area contributed by atoms with Gasteiger partial charge in [0.05, 0.1) is 18.9 Å². The summed E-state index contributed by atoms with van der Waals surface area (Å²) >= 11 is 0. The van der Waals surface area contributed by atoms with E-state index in [0.29, 0.717) is 24.4 Å². The minimum absolute atomic E-state index is 0.109. The van der Waals surface area contributed by atoms with E-state index in [2.05, 4.69) is 10.1 Å². The predicted molar refractivity (Wildman–Crippen MR) is 93.3 cm³/mol. The first-order valence-electron chi connectivity index (χ1n) is 8.54. The van der Waals surface area contributed by atoms with Crippen molar-refractivity contribution < 1.29 is 24.2 Å². The quantitative estimate of drug-likeness (QED) is 0.770. The number of hydrogen-bond acceptors (Lipinski definition) is 6. The van der Waals surface area contributed by atoms with Crippen LogP contribution in [-0.4, -0.2) is 86.2 Å². The fourth-order valence-corrected chi connectivity index (χ4v) is 3.01. The molecule has 27 heavy (non-hydrogen) atoms. The molecule has 1 N–H and O–H groups in total. The Morgan fingerprint density at radius 1 is 1.41 bits per heavy atom. The minimum Gasteiger partial charge on any atom is -0.480 e. The summed E-state index contributed by atoms with van der Waals surface area (Å²) in [6.45, 7) is 3.81. The Bertz CT molecular complexity index is 880. The lowest BCUT2D eigenvalue weighted by Crippen LogP contribution is -2.51. The lowest BCUT2D eigenvalue weighted by Gasteiger charge is -2.35. The molecule has 2 aromatic heterocycles. The van der Waals surface area contributed by atoms with Crippen molar-refractivity contribution in [2.45, 2.75) is 20.0 Å². The molecule has 0 bridgehead atoms. The third kappa shape index (κ3) is 4.22. The number of aromatic nitrogens is 3. The van der Waals surface area contributed by atoms with E-state index in [-0.39, 0.29) is 24.9 Å². The van der Waals surface area contributed by atoms with E-state index in [1.165, 1.54) is 18.0 Å². The number of carbonyl (C=O) groups excluding carboxylic acids is 2. The fraction of sp³-hybridized carbons (Fsp3) is 0.471. The summed E-state index contributed by atoms with van der Waals surface area (Å²) in [5, 5.41) is 13.1. The monoisotopic (exact) mass is 375 g/mol. The van der Waals surface area contributed by atoms with Crippen molar-refractivity contribution in [2.75, 3.05) is 32.8 Å². The van der Waals surface area contributed by atoms with Crippen LogP contribution < -0.4 is 0 Å². The van der Waals surface area contributed by atoms with Gasteiger partial charge in [-0.25, -0.2) is 9.50 Å². The van der Waals surface area contributed by atoms with Crippen LogP contribution in [0.5, 0.6) is 0 Å². The van der Waals surface area contributed by atoms with E-state index < -0.39 is 18.6 Å². The number of nitrogens with zero attached hydrogens (tertiary/aromatic N) is 5. The number of carboxylic acid groups (broad SMARTS) is 1. The highest BCUT2D eigenvalue weighted by Crippen LogP contribution is 2.15. The number of hydrogen-bond donors (Lipinski definition) is 1. The number of ether oxygens (including phenoxy) is 1. The first kappa shape index (κ1) is 18.8. The molecule has 3 heterocycles. The van der Waals surface area contributed by atoms with Gasteiger partial charge >= 0.3 is 5.97 Å². The molecule has 2 amide bonds. The summed E-state index contributed by atoms with van der Waals surface area (Å²) in [5.74, 6) is -1.67. The van der Waals surface area contributed by atoms with Crippen molar-refractivity contribution in [3.8, 4) is 0 Å². The van der Waals surface area contributed by atoms with E-state index in [1.807, 2.05) is 6.92 Å². The summed E-state index contributed by atoms with van der Waals surface area (Å²) in [5.41, 5.74) is 1.66. The van der Waals surface area contributed by atoms with Crippen LogP contribution in [0.1, 0.15) is 23.0 Å². The van der Waals surface area contributed by atoms with E-state index in [4.69, 9.17) is 9.84 Å². The van der Waals surface area contributed by atoms with Gasteiger partial charge in [-0.3, -0.25) is 14.4 Å². The Morgan fingerprint density at radius 2 is 2.19 bits per heavy atom. The molecule has 0 saturated carbocycles. The van der Waals surface area contributed by atoms with Crippen LogP contribution in [0.25, 0.3) is 5.65 Å². The van der Waals surface area contributed by atoms with Crippen LogP contribution in [0.2, 0.25) is 0 Å². The minimum atomic E-state index is -1.10. The molecule has 1 aliphatic heterocycles. The fourth-order valence-electron chi connectivity index (χ4n) is 3.01. The molecular weight excluding hydrogens is 354 g/mol. The van der Waals surface area contributed by atoms with Gasteiger partial charge in [0.15, 0.2) is 5.65 Å². The Morgan fingerprint density at radius 3 is 2.89 bits per heavy atom. The Balaban J connectivity index is 1.73. The smallest absolute Gasteiger partial charge is 0.323 e. The summed E-state index contributed by atoms with van der Waals surface area (Å²) in [7, 11) is 0. The summed E-state index contributed by atoms with van der Waals surface area (Å²) in [6.07, 6.45) is 2.77. The zero-order valence-electron chi connectivity index (χ0n) is 15.2. The number of aliphatic carboxylic acids is 1. The third-order valence-corrected chi connectivity index (χ3v) is 4.36. The topological polar surface area (TPSA) is 117 Å². The van der Waals surface area contributed by atoms with Crippen molar-refractivity contribution >= 4 is 23.4 Å². The van der Waals surface area contributed by atoms with Crippen molar-refractivity contribution in [3.63, 3.8) is 0 Å². The SMILES string of the molecule is CC(=O)N(CC(=O)O)CC1CN(C(=O)c2cnn3ccc(C)nc23)CCO1. The molecule has 0 radical (unpaired) electrons. The normalized spacial score (nSPS) is 17.1. The second-order valence-electron chi connectivity index (χ2n) is 6.43. The molecule has 0 aliphatic carbocycles. The number of aryl methyl sites for hydroxylation is 1. The lowest BCUT2D eigenvalue weighted by atomic mass is 10.2. The average Bonchev–Trinajstić information content (AvgIpc) is 3.03. The maximum atomic E-state index is 12.9. The van der Waals surface area contributed by atoms with Gasteiger partial charge in [0, 0.05) is 38.4 Å². The summed E-state index contributed by atoms with van der Waals surface area (Å²) in [6, 6.07) is 1.80. The number of fused-ring (bicyclic) bond motifs is 1. The molecular formula is C17H21N5O5. The van der Waals surface area contributed by atoms with Gasteiger partial charge in [-0.1, -0.05) is 0 Å². The number of carbonyl (C=O) groups is 3. The van der Waals surface area contributed by atoms with Crippen molar-refractivity contribution in [1.82, 2.24) is 24.4 Å². The molecule has 3 rings (SSSR count). The Labute approximate surface area is 155 Å². The van der Waals surface area contributed by atoms with Gasteiger partial charge in [0.25, 0.3) is 5.91 Å². The molecule has 1 atom stereocenters. The molecule has 1 saturated heterocycles. The van der Waals surface area contributed by atoms with Gasteiger partial charge in [0.2, 0.25) is 5.91 Å². The van der Waals surface area contributed by atoms with E-state index in [9.17, 15) is 14.4 Å². The Kier molecular flexibility index (Phi) is 5.36. The van der Waals surface area contributed by atoms with Crippen LogP contribution in [0, 0.1) is 6.92 Å². The van der Waals surface area contributed by atoms with E-state index in [0.717, 1.165) is 5.69 Å². The molecule has 1 fully saturated rings. The van der Waals surface area contributed by atoms with Gasteiger partial charge in [-0.05, 0) is 13.0 Å². The number of rotatable bonds is 5. The zero-order valence-corrected chi connectivity index (χ0v) is 15.2. The standard InChI is InChI=1S/C17H21N5O5/c1-11-3-4-22-16(19-11)14(7-18-22)17(26)20-5-6-27-13(8-20)9-21(12(2)23)10-15(24)25/h3-4,7,13H,5-6,8-10H2,1-2H3,(H,24,25). The number of carboxylic acids is 1. The van der Waals surface area contributed by atoms with Gasteiger partial charge in [-0.2, -0.15) is 5.10 Å². The number of amides is 2. The highest BCUT2D eigenvalue weighted by molar-refractivity contribution is 5.99. The predicted octanol–water partition coefficient (Wildman–Crippen LogP) is -0.188. The second kappa shape index (κ2) is 7.70. The highest BCUT2D eigenvalue weighted by atomic mass is 16.5. The molecule has 1 unspecified atom stereocenters. The number of morpholine rings is 1. The zero-order chi connectivity index (χ0) is 19.6. The van der Waals surface area contributed by atoms with Gasteiger partial charge in [0.1, 0.15) is 12.1 Å². The molecule has 1 aliphatic rings. The highest BCUT2D eigenvalue weighted by Gasteiger charge is 2.29. The largest absolute Gasteiger partial charge is 0.480 e. The van der Waals surface area contributed by atoms with Crippen LogP contribution in [0.4, 0.5) is 0 Å².